The monoisotopic (exact) mass is 422 g/mol. The van der Waals surface area contributed by atoms with Crippen LogP contribution in [-0.4, -0.2) is 0 Å². The van der Waals surface area contributed by atoms with E-state index in [4.69, 9.17) is 0 Å². The van der Waals surface area contributed by atoms with Crippen molar-refractivity contribution >= 4 is 64.4 Å². The molecule has 6 rings (SSSR count). The van der Waals surface area contributed by atoms with Gasteiger partial charge in [-0.15, -0.1) is 22.7 Å². The van der Waals surface area contributed by atoms with E-state index in [2.05, 4.69) is 86.6 Å². The van der Waals surface area contributed by atoms with E-state index in [1.807, 2.05) is 22.7 Å². The molecule has 0 saturated heterocycles. The zero-order chi connectivity index (χ0) is 20.2. The van der Waals surface area contributed by atoms with Crippen molar-refractivity contribution in [2.45, 2.75) is 26.7 Å². The van der Waals surface area contributed by atoms with Crippen LogP contribution in [0.5, 0.6) is 0 Å². The summed E-state index contributed by atoms with van der Waals surface area (Å²) in [5.41, 5.74) is 2.88. The van der Waals surface area contributed by atoms with Crippen molar-refractivity contribution < 1.29 is 0 Å². The van der Waals surface area contributed by atoms with E-state index >= 15 is 0 Å². The Balaban J connectivity index is 1.44. The van der Waals surface area contributed by atoms with Gasteiger partial charge in [-0.3, -0.25) is 0 Å². The summed E-state index contributed by atoms with van der Waals surface area (Å²) in [4.78, 5) is 2.87. The number of rotatable bonds is 3. The summed E-state index contributed by atoms with van der Waals surface area (Å²) in [6, 6.07) is 27.3. The Hall–Kier alpha value is -2.68. The highest BCUT2D eigenvalue weighted by Gasteiger charge is 2.12. The molecule has 6 aromatic rings. The Morgan fingerprint density at radius 1 is 0.600 bits per heavy atom. The van der Waals surface area contributed by atoms with Crippen LogP contribution in [0.1, 0.15) is 20.9 Å². The van der Waals surface area contributed by atoms with Crippen LogP contribution in [0.2, 0.25) is 0 Å². The van der Waals surface area contributed by atoms with Crippen molar-refractivity contribution in [2.24, 2.45) is 0 Å². The molecule has 0 bridgehead atoms. The molecule has 146 valence electrons. The molecule has 30 heavy (non-hydrogen) atoms. The number of benzene rings is 4. The van der Waals surface area contributed by atoms with Gasteiger partial charge in [0.25, 0.3) is 0 Å². The van der Waals surface area contributed by atoms with Crippen LogP contribution in [0.3, 0.4) is 0 Å². The molecule has 2 aromatic heterocycles. The van der Waals surface area contributed by atoms with Gasteiger partial charge in [-0.25, -0.2) is 0 Å². The molecule has 0 aliphatic rings. The second-order valence-corrected chi connectivity index (χ2v) is 10.6. The van der Waals surface area contributed by atoms with Crippen LogP contribution in [0, 0.1) is 13.8 Å². The third kappa shape index (κ3) is 2.86. The van der Waals surface area contributed by atoms with E-state index in [0.29, 0.717) is 0 Å². The predicted octanol–water partition coefficient (Wildman–Crippen LogP) is 8.82. The minimum atomic E-state index is 1.07. The van der Waals surface area contributed by atoms with Gasteiger partial charge in [0.05, 0.1) is 0 Å². The third-order valence-electron chi connectivity index (χ3n) is 6.26. The van der Waals surface area contributed by atoms with Crippen molar-refractivity contribution in [2.75, 3.05) is 0 Å². The van der Waals surface area contributed by atoms with Gasteiger partial charge in [-0.05, 0) is 94.4 Å². The molecule has 0 aliphatic heterocycles. The summed E-state index contributed by atoms with van der Waals surface area (Å²) in [5, 5.41) is 8.37. The molecule has 0 aliphatic carbocycles. The molecule has 2 heteroatoms. The van der Waals surface area contributed by atoms with Crippen LogP contribution in [0.15, 0.2) is 72.8 Å². The zero-order valence-corrected chi connectivity index (χ0v) is 18.8. The predicted molar refractivity (Wildman–Crippen MR) is 136 cm³/mol. The minimum Gasteiger partial charge on any atom is -0.141 e. The summed E-state index contributed by atoms with van der Waals surface area (Å²) in [7, 11) is 0. The number of hydrogen-bond donors (Lipinski definition) is 0. The standard InChI is InChI=1S/C28H22S2/c1-17-13-19-15-28-20(16-27(19)29-17)14-21(30-28)11-12-26-24-9-5-3-7-22(24)18(2)23-8-4-6-10-25(23)26/h3-10,13-16H,11-12H2,1-2H3. The largest absolute Gasteiger partial charge is 0.141 e. The SMILES string of the molecule is Cc1cc2cc3sc(CCc4c5ccccc5c(C)c5ccccc45)cc3cc2s1. The average molecular weight is 423 g/mol. The molecule has 0 spiro atoms. The van der Waals surface area contributed by atoms with E-state index in [1.54, 1.807) is 0 Å². The summed E-state index contributed by atoms with van der Waals surface area (Å²) >= 11 is 3.85. The van der Waals surface area contributed by atoms with Gasteiger partial charge in [0, 0.05) is 19.2 Å². The summed E-state index contributed by atoms with van der Waals surface area (Å²) < 4.78 is 2.81. The summed E-state index contributed by atoms with van der Waals surface area (Å²) in [6.45, 7) is 4.45. The van der Waals surface area contributed by atoms with Crippen LogP contribution >= 0.6 is 22.7 Å². The topological polar surface area (TPSA) is 0 Å². The normalized spacial score (nSPS) is 11.9. The summed E-state index contributed by atoms with van der Waals surface area (Å²) in [6.07, 6.45) is 2.16. The number of thiophene rings is 2. The Morgan fingerprint density at radius 3 is 1.83 bits per heavy atom. The van der Waals surface area contributed by atoms with E-state index in [1.165, 1.54) is 62.6 Å². The lowest BCUT2D eigenvalue weighted by Gasteiger charge is -2.14. The lowest BCUT2D eigenvalue weighted by atomic mass is 9.90. The lowest BCUT2D eigenvalue weighted by molar-refractivity contribution is 1.00. The Morgan fingerprint density at radius 2 is 1.17 bits per heavy atom. The van der Waals surface area contributed by atoms with E-state index < -0.39 is 0 Å². The van der Waals surface area contributed by atoms with E-state index in [9.17, 15) is 0 Å². The maximum Gasteiger partial charge on any atom is 0.0352 e. The fraction of sp³-hybridized carbons (Fsp3) is 0.143. The third-order valence-corrected chi connectivity index (χ3v) is 8.43. The smallest absolute Gasteiger partial charge is 0.0352 e. The molecule has 0 atom stereocenters. The Kier molecular flexibility index (Phi) is 4.19. The Bertz CT molecular complexity index is 1450. The molecule has 0 saturated carbocycles. The molecule has 0 radical (unpaired) electrons. The first-order valence-electron chi connectivity index (χ1n) is 10.5. The number of hydrogen-bond acceptors (Lipinski definition) is 2. The van der Waals surface area contributed by atoms with Gasteiger partial charge in [-0.2, -0.15) is 0 Å². The fourth-order valence-corrected chi connectivity index (χ4v) is 6.89. The first kappa shape index (κ1) is 18.1. The van der Waals surface area contributed by atoms with Crippen molar-refractivity contribution in [1.29, 1.82) is 0 Å². The van der Waals surface area contributed by atoms with Gasteiger partial charge in [-0.1, -0.05) is 48.5 Å². The van der Waals surface area contributed by atoms with Crippen LogP contribution in [0.4, 0.5) is 0 Å². The number of fused-ring (bicyclic) bond motifs is 4. The zero-order valence-electron chi connectivity index (χ0n) is 17.2. The molecule has 0 nitrogen and oxygen atoms in total. The molecule has 0 N–H and O–H groups in total. The quantitative estimate of drug-likeness (QED) is 0.250. The highest BCUT2D eigenvalue weighted by molar-refractivity contribution is 7.20. The molecule has 2 heterocycles. The van der Waals surface area contributed by atoms with Crippen LogP contribution < -0.4 is 0 Å². The average Bonchev–Trinajstić information content (AvgIpc) is 3.32. The van der Waals surface area contributed by atoms with Gasteiger partial charge in [0.1, 0.15) is 0 Å². The summed E-state index contributed by atoms with van der Waals surface area (Å²) in [5.74, 6) is 0. The molecule has 0 fully saturated rings. The molecular weight excluding hydrogens is 400 g/mol. The maximum atomic E-state index is 2.41. The minimum absolute atomic E-state index is 1.07. The first-order chi connectivity index (χ1) is 14.7. The second-order valence-electron chi connectivity index (χ2n) is 8.19. The van der Waals surface area contributed by atoms with E-state index in [0.717, 1.165) is 12.8 Å². The van der Waals surface area contributed by atoms with Gasteiger partial charge < -0.3 is 0 Å². The molecule has 4 aromatic carbocycles. The van der Waals surface area contributed by atoms with Gasteiger partial charge in [0.2, 0.25) is 0 Å². The lowest BCUT2D eigenvalue weighted by Crippen LogP contribution is -1.95. The highest BCUT2D eigenvalue weighted by atomic mass is 32.1. The fourth-order valence-electron chi connectivity index (χ4n) is 4.84. The maximum absolute atomic E-state index is 2.41. The van der Waals surface area contributed by atoms with Crippen molar-refractivity contribution in [1.82, 2.24) is 0 Å². The second kappa shape index (κ2) is 6.94. The molecular formula is C28H22S2. The van der Waals surface area contributed by atoms with Gasteiger partial charge in [0.15, 0.2) is 0 Å². The molecule has 0 unspecified atom stereocenters. The van der Waals surface area contributed by atoms with Crippen LogP contribution in [-0.2, 0) is 12.8 Å². The highest BCUT2D eigenvalue weighted by Crippen LogP contribution is 2.36. The van der Waals surface area contributed by atoms with Crippen molar-refractivity contribution in [3.8, 4) is 0 Å². The Labute approximate surface area is 184 Å². The van der Waals surface area contributed by atoms with E-state index in [-0.39, 0.29) is 0 Å². The number of aryl methyl sites for hydroxylation is 4. The van der Waals surface area contributed by atoms with Crippen molar-refractivity contribution in [3.05, 3.63) is 93.7 Å². The van der Waals surface area contributed by atoms with Gasteiger partial charge >= 0.3 is 0 Å². The van der Waals surface area contributed by atoms with Crippen LogP contribution in [0.25, 0.3) is 41.7 Å². The first-order valence-corrected chi connectivity index (χ1v) is 12.1. The molecule has 0 amide bonds. The van der Waals surface area contributed by atoms with Crippen molar-refractivity contribution in [3.63, 3.8) is 0 Å².